The standard InChI is InChI=1S/C12H19N.C2H6/c1-3-10-5-7-11-6-4-9(2)13-12(11)8-10;1-2/h8,11-13H,2-7H2,1H3;1-2H3. The first kappa shape index (κ1) is 12.4. The summed E-state index contributed by atoms with van der Waals surface area (Å²) in [4.78, 5) is 0. The third-order valence-corrected chi connectivity index (χ3v) is 3.40. The maximum absolute atomic E-state index is 4.02. The lowest BCUT2D eigenvalue weighted by Crippen LogP contribution is -2.40. The monoisotopic (exact) mass is 207 g/mol. The van der Waals surface area contributed by atoms with Crippen molar-refractivity contribution in [1.82, 2.24) is 5.32 Å². The first-order valence-corrected chi connectivity index (χ1v) is 6.43. The number of hydrogen-bond donors (Lipinski definition) is 1. The van der Waals surface area contributed by atoms with Gasteiger partial charge in [0.2, 0.25) is 0 Å². The molecule has 1 aliphatic carbocycles. The molecule has 0 amide bonds. The average molecular weight is 207 g/mol. The highest BCUT2D eigenvalue weighted by atomic mass is 14.9. The summed E-state index contributed by atoms with van der Waals surface area (Å²) >= 11 is 0. The van der Waals surface area contributed by atoms with Crippen LogP contribution >= 0.6 is 0 Å². The van der Waals surface area contributed by atoms with E-state index in [1.54, 1.807) is 5.57 Å². The molecule has 0 radical (unpaired) electrons. The molecule has 1 nitrogen and oxygen atoms in total. The van der Waals surface area contributed by atoms with Gasteiger partial charge in [0.1, 0.15) is 0 Å². The molecule has 1 aliphatic heterocycles. The van der Waals surface area contributed by atoms with Crippen LogP contribution in [0.4, 0.5) is 0 Å². The molecule has 2 rings (SSSR count). The lowest BCUT2D eigenvalue weighted by molar-refractivity contribution is 0.319. The van der Waals surface area contributed by atoms with Gasteiger partial charge in [-0.05, 0) is 38.0 Å². The van der Waals surface area contributed by atoms with Crippen molar-refractivity contribution in [2.45, 2.75) is 58.9 Å². The molecule has 0 aromatic carbocycles. The van der Waals surface area contributed by atoms with E-state index in [9.17, 15) is 0 Å². The second kappa shape index (κ2) is 5.99. The Kier molecular flexibility index (Phi) is 4.93. The molecule has 0 aromatic rings. The van der Waals surface area contributed by atoms with Crippen molar-refractivity contribution >= 4 is 0 Å². The molecule has 2 aliphatic rings. The number of nitrogens with one attached hydrogen (secondary N) is 1. The maximum Gasteiger partial charge on any atom is 0.0472 e. The quantitative estimate of drug-likeness (QED) is 0.640. The van der Waals surface area contributed by atoms with Crippen molar-refractivity contribution in [2.24, 2.45) is 5.92 Å². The summed E-state index contributed by atoms with van der Waals surface area (Å²) in [5.41, 5.74) is 2.86. The van der Waals surface area contributed by atoms with Gasteiger partial charge >= 0.3 is 0 Å². The Labute approximate surface area is 94.6 Å². The fourth-order valence-corrected chi connectivity index (χ4v) is 2.47. The fraction of sp³-hybridized carbons (Fsp3) is 0.714. The fourth-order valence-electron chi connectivity index (χ4n) is 2.47. The lowest BCUT2D eigenvalue weighted by atomic mass is 9.79. The predicted molar refractivity (Wildman–Crippen MR) is 67.7 cm³/mol. The SMILES string of the molecule is C=C1CCC2CCC(CC)=CC2N1.CC. The normalized spacial score (nSPS) is 29.3. The maximum atomic E-state index is 4.02. The third-order valence-electron chi connectivity index (χ3n) is 3.40. The van der Waals surface area contributed by atoms with Crippen LogP contribution in [0, 0.1) is 5.92 Å². The van der Waals surface area contributed by atoms with Gasteiger partial charge in [-0.3, -0.25) is 0 Å². The Hall–Kier alpha value is -0.720. The molecule has 1 heterocycles. The van der Waals surface area contributed by atoms with Gasteiger partial charge in [-0.2, -0.15) is 0 Å². The molecule has 2 atom stereocenters. The number of rotatable bonds is 1. The van der Waals surface area contributed by atoms with Gasteiger partial charge in [0.25, 0.3) is 0 Å². The van der Waals surface area contributed by atoms with Crippen LogP contribution in [0.15, 0.2) is 23.9 Å². The average Bonchev–Trinajstić information content (AvgIpc) is 2.30. The molecule has 0 spiro atoms. The molecule has 2 unspecified atom stereocenters. The number of allylic oxidation sites excluding steroid dienone is 2. The summed E-state index contributed by atoms with van der Waals surface area (Å²) in [6.45, 7) is 10.3. The first-order valence-electron chi connectivity index (χ1n) is 6.43. The zero-order valence-electron chi connectivity index (χ0n) is 10.5. The van der Waals surface area contributed by atoms with Gasteiger partial charge in [-0.25, -0.2) is 0 Å². The van der Waals surface area contributed by atoms with E-state index in [0.717, 1.165) is 5.92 Å². The summed E-state index contributed by atoms with van der Waals surface area (Å²) in [5.74, 6) is 0.876. The second-order valence-corrected chi connectivity index (χ2v) is 4.29. The van der Waals surface area contributed by atoms with Gasteiger partial charge in [0.05, 0.1) is 0 Å². The molecule has 1 saturated heterocycles. The van der Waals surface area contributed by atoms with E-state index in [-0.39, 0.29) is 0 Å². The van der Waals surface area contributed by atoms with Crippen LogP contribution in [0.1, 0.15) is 52.9 Å². The van der Waals surface area contributed by atoms with E-state index in [1.807, 2.05) is 13.8 Å². The van der Waals surface area contributed by atoms with Crippen LogP contribution < -0.4 is 5.32 Å². The van der Waals surface area contributed by atoms with Crippen molar-refractivity contribution in [3.05, 3.63) is 23.9 Å². The summed E-state index contributed by atoms with van der Waals surface area (Å²) in [6, 6.07) is 0.602. The minimum absolute atomic E-state index is 0.602. The third kappa shape index (κ3) is 3.12. The molecule has 1 heteroatoms. The minimum Gasteiger partial charge on any atom is -0.382 e. The summed E-state index contributed by atoms with van der Waals surface area (Å²) in [7, 11) is 0. The smallest absolute Gasteiger partial charge is 0.0472 e. The van der Waals surface area contributed by atoms with E-state index in [4.69, 9.17) is 0 Å². The Morgan fingerprint density at radius 3 is 2.67 bits per heavy atom. The summed E-state index contributed by atoms with van der Waals surface area (Å²) in [6.07, 6.45) is 8.88. The molecule has 1 N–H and O–H groups in total. The molecule has 86 valence electrons. The highest BCUT2D eigenvalue weighted by Gasteiger charge is 2.27. The molecular weight excluding hydrogens is 182 g/mol. The van der Waals surface area contributed by atoms with Crippen molar-refractivity contribution in [3.8, 4) is 0 Å². The lowest BCUT2D eigenvalue weighted by Gasteiger charge is -2.36. The van der Waals surface area contributed by atoms with E-state index in [0.29, 0.717) is 6.04 Å². The topological polar surface area (TPSA) is 12.0 Å². The zero-order valence-corrected chi connectivity index (χ0v) is 10.5. The minimum atomic E-state index is 0.602. The van der Waals surface area contributed by atoms with Gasteiger partial charge in [-0.15, -0.1) is 0 Å². The van der Waals surface area contributed by atoms with E-state index >= 15 is 0 Å². The molecule has 0 bridgehead atoms. The Balaban J connectivity index is 0.000000531. The summed E-state index contributed by atoms with van der Waals surface area (Å²) < 4.78 is 0. The van der Waals surface area contributed by atoms with Crippen LogP contribution in [0.25, 0.3) is 0 Å². The Morgan fingerprint density at radius 2 is 2.00 bits per heavy atom. The number of fused-ring (bicyclic) bond motifs is 1. The molecule has 15 heavy (non-hydrogen) atoms. The Bertz CT molecular complexity index is 240. The van der Waals surface area contributed by atoms with Crippen molar-refractivity contribution in [2.75, 3.05) is 0 Å². The van der Waals surface area contributed by atoms with E-state index in [1.165, 1.54) is 37.8 Å². The van der Waals surface area contributed by atoms with Crippen molar-refractivity contribution < 1.29 is 0 Å². The number of piperidine rings is 1. The van der Waals surface area contributed by atoms with Crippen LogP contribution in [0.5, 0.6) is 0 Å². The summed E-state index contributed by atoms with van der Waals surface area (Å²) in [5, 5.41) is 3.51. The molecular formula is C14H25N. The van der Waals surface area contributed by atoms with Gasteiger partial charge in [-0.1, -0.05) is 39.0 Å². The molecule has 1 fully saturated rings. The van der Waals surface area contributed by atoms with Crippen LogP contribution in [-0.2, 0) is 0 Å². The highest BCUT2D eigenvalue weighted by molar-refractivity contribution is 5.17. The van der Waals surface area contributed by atoms with Gasteiger partial charge in [0, 0.05) is 11.7 Å². The number of hydrogen-bond acceptors (Lipinski definition) is 1. The molecule has 0 saturated carbocycles. The van der Waals surface area contributed by atoms with Gasteiger partial charge < -0.3 is 5.32 Å². The largest absolute Gasteiger partial charge is 0.382 e. The zero-order chi connectivity index (χ0) is 11.3. The molecule has 0 aromatic heterocycles. The van der Waals surface area contributed by atoms with Crippen LogP contribution in [0.3, 0.4) is 0 Å². The van der Waals surface area contributed by atoms with E-state index in [2.05, 4.69) is 24.9 Å². The van der Waals surface area contributed by atoms with Crippen LogP contribution in [-0.4, -0.2) is 6.04 Å². The van der Waals surface area contributed by atoms with Crippen LogP contribution in [0.2, 0.25) is 0 Å². The second-order valence-electron chi connectivity index (χ2n) is 4.29. The predicted octanol–water partition coefficient (Wildman–Crippen LogP) is 4.02. The highest BCUT2D eigenvalue weighted by Crippen LogP contribution is 2.32. The Morgan fingerprint density at radius 1 is 1.33 bits per heavy atom. The van der Waals surface area contributed by atoms with E-state index < -0.39 is 0 Å². The first-order chi connectivity index (χ1) is 7.29. The van der Waals surface area contributed by atoms with Gasteiger partial charge in [0.15, 0.2) is 0 Å². The van der Waals surface area contributed by atoms with Crippen molar-refractivity contribution in [1.29, 1.82) is 0 Å². The van der Waals surface area contributed by atoms with Crippen molar-refractivity contribution in [3.63, 3.8) is 0 Å².